The first-order valence-corrected chi connectivity index (χ1v) is 14.1. The number of carbonyl (C=O) groups excluding carboxylic acids is 1. The second-order valence-electron chi connectivity index (χ2n) is 7.40. The highest BCUT2D eigenvalue weighted by molar-refractivity contribution is 9.09. The number of allylic oxidation sites excluding steroid dienone is 1. The molecule has 2 rings (SSSR count). The summed E-state index contributed by atoms with van der Waals surface area (Å²) in [7, 11) is 0. The third kappa shape index (κ3) is 9.58. The maximum Gasteiger partial charge on any atom is 0.329 e. The average Bonchev–Trinajstić information content (AvgIpc) is 3.17. The Bertz CT molecular complexity index is 763. The summed E-state index contributed by atoms with van der Waals surface area (Å²) in [6.45, 7) is 5.03. The third-order valence-electron chi connectivity index (χ3n) is 4.79. The van der Waals surface area contributed by atoms with E-state index in [-0.39, 0.29) is 6.03 Å². The molecule has 0 aromatic carbocycles. The molecule has 1 aliphatic heterocycles. The molecular formula is C20H28BrCl3N4O2S2. The molecule has 32 heavy (non-hydrogen) atoms. The fourth-order valence-electron chi connectivity index (χ4n) is 3.17. The number of unbranched alkanes of at least 4 members (excludes halogenated alkanes) is 2. The van der Waals surface area contributed by atoms with Gasteiger partial charge < -0.3 is 9.64 Å². The third-order valence-corrected chi connectivity index (χ3v) is 7.20. The summed E-state index contributed by atoms with van der Waals surface area (Å²) in [5, 5.41) is 11.2. The van der Waals surface area contributed by atoms with Crippen LogP contribution in [0.4, 0.5) is 9.93 Å². The van der Waals surface area contributed by atoms with Crippen molar-refractivity contribution in [3.8, 4) is 0 Å². The van der Waals surface area contributed by atoms with Gasteiger partial charge >= 0.3 is 6.03 Å². The first-order chi connectivity index (χ1) is 15.2. The van der Waals surface area contributed by atoms with Crippen molar-refractivity contribution in [2.24, 2.45) is 0 Å². The van der Waals surface area contributed by atoms with Crippen molar-refractivity contribution in [1.82, 2.24) is 15.1 Å². The molecule has 0 N–H and O–H groups in total. The Morgan fingerprint density at radius 3 is 2.78 bits per heavy atom. The van der Waals surface area contributed by atoms with E-state index in [1.54, 1.807) is 4.90 Å². The molecule has 2 amide bonds. The summed E-state index contributed by atoms with van der Waals surface area (Å²) in [5.41, 5.74) is 0. The lowest BCUT2D eigenvalue weighted by Gasteiger charge is -2.39. The molecule has 1 aromatic heterocycles. The van der Waals surface area contributed by atoms with Gasteiger partial charge in [0.2, 0.25) is 5.13 Å². The van der Waals surface area contributed by atoms with Crippen LogP contribution in [0.15, 0.2) is 12.7 Å². The van der Waals surface area contributed by atoms with Crippen LogP contribution >= 0.6 is 74.3 Å². The van der Waals surface area contributed by atoms with E-state index in [4.69, 9.17) is 51.8 Å². The van der Waals surface area contributed by atoms with Gasteiger partial charge in [-0.05, 0) is 50.7 Å². The molecule has 2 heterocycles. The van der Waals surface area contributed by atoms with Crippen LogP contribution < -0.4 is 4.90 Å². The molecule has 0 bridgehead atoms. The summed E-state index contributed by atoms with van der Waals surface area (Å²) < 4.78 is 4.75. The Morgan fingerprint density at radius 1 is 1.31 bits per heavy atom. The normalized spacial score (nSPS) is 17.0. The molecular weight excluding hydrogens is 579 g/mol. The number of anilines is 1. The number of halogens is 4. The predicted molar refractivity (Wildman–Crippen MR) is 142 cm³/mol. The van der Waals surface area contributed by atoms with E-state index < -0.39 is 10.0 Å². The minimum absolute atomic E-state index is 0.131. The molecule has 0 radical (unpaired) electrons. The number of hydrogen-bond donors (Lipinski definition) is 0. The van der Waals surface area contributed by atoms with Gasteiger partial charge in [0.25, 0.3) is 0 Å². The lowest BCUT2D eigenvalue weighted by molar-refractivity contribution is 0.117. The number of ether oxygens (including phenoxy) is 1. The number of thiocarbonyl (C=S) groups is 1. The van der Waals surface area contributed by atoms with Gasteiger partial charge in [0.1, 0.15) is 5.01 Å². The number of amides is 2. The number of urea groups is 1. The summed E-state index contributed by atoms with van der Waals surface area (Å²) in [6, 6.07) is -0.131. The summed E-state index contributed by atoms with van der Waals surface area (Å²) in [5.74, 6) is 0. The van der Waals surface area contributed by atoms with Crippen LogP contribution in [0, 0.1) is 0 Å². The van der Waals surface area contributed by atoms with Crippen LogP contribution in [0.5, 0.6) is 0 Å². The van der Waals surface area contributed by atoms with Gasteiger partial charge in [-0.2, -0.15) is 0 Å². The van der Waals surface area contributed by atoms with Crippen LogP contribution in [-0.2, 0) is 11.2 Å². The number of hydrogen-bond acceptors (Lipinski definition) is 6. The zero-order valence-electron chi connectivity index (χ0n) is 17.8. The minimum Gasteiger partial charge on any atom is -0.463 e. The number of rotatable bonds is 13. The zero-order valence-corrected chi connectivity index (χ0v) is 23.3. The Hall–Kier alpha value is -0.190. The molecule has 1 atom stereocenters. The number of carbonyl (C=O) groups is 1. The zero-order chi connectivity index (χ0) is 23.6. The SMILES string of the molecule is C=CCCCC(=S)OC1CCN(CCCCBr)C(=O)N1c1nnc(CCCC(Cl)(Cl)Cl)s1. The average molecular weight is 607 g/mol. The van der Waals surface area contributed by atoms with Crippen molar-refractivity contribution in [2.75, 3.05) is 23.3 Å². The van der Waals surface area contributed by atoms with E-state index in [1.807, 2.05) is 11.0 Å². The number of alkyl halides is 4. The van der Waals surface area contributed by atoms with Crippen molar-refractivity contribution in [2.45, 2.75) is 67.8 Å². The molecule has 1 unspecified atom stereocenters. The monoisotopic (exact) mass is 604 g/mol. The summed E-state index contributed by atoms with van der Waals surface area (Å²) in [6.07, 6.45) is 8.01. The molecule has 1 fully saturated rings. The Kier molecular flexibility index (Phi) is 12.5. The second-order valence-corrected chi connectivity index (χ2v) is 12.2. The van der Waals surface area contributed by atoms with E-state index in [0.29, 0.717) is 55.4 Å². The number of nitrogens with zero attached hydrogens (tertiary/aromatic N) is 4. The largest absolute Gasteiger partial charge is 0.463 e. The first kappa shape index (κ1) is 28.1. The molecule has 0 saturated carbocycles. The first-order valence-electron chi connectivity index (χ1n) is 10.6. The van der Waals surface area contributed by atoms with Crippen molar-refractivity contribution in [3.05, 3.63) is 17.7 Å². The lowest BCUT2D eigenvalue weighted by Crippen LogP contribution is -2.56. The van der Waals surface area contributed by atoms with Crippen molar-refractivity contribution in [1.29, 1.82) is 0 Å². The Balaban J connectivity index is 2.10. The van der Waals surface area contributed by atoms with Crippen LogP contribution in [0.25, 0.3) is 0 Å². The van der Waals surface area contributed by atoms with Gasteiger partial charge in [-0.25, -0.2) is 9.69 Å². The van der Waals surface area contributed by atoms with Crippen LogP contribution in [-0.4, -0.2) is 54.6 Å². The molecule has 1 aliphatic rings. The van der Waals surface area contributed by atoms with Gasteiger partial charge in [0.05, 0.1) is 0 Å². The van der Waals surface area contributed by atoms with Crippen LogP contribution in [0.2, 0.25) is 0 Å². The van der Waals surface area contributed by atoms with Crippen molar-refractivity contribution >= 4 is 90.5 Å². The second kappa shape index (κ2) is 14.3. The number of aryl methyl sites for hydroxylation is 1. The van der Waals surface area contributed by atoms with E-state index >= 15 is 0 Å². The standard InChI is InChI=1S/C20H28BrCl3N4O2S2/c1-2-3-4-9-17(31)30-16-10-14-27(13-6-5-12-21)19(29)28(16)18-26-25-15(32-18)8-7-11-20(22,23)24/h2,16H,1,3-14H2. The highest BCUT2D eigenvalue weighted by atomic mass is 79.9. The van der Waals surface area contributed by atoms with E-state index in [0.717, 1.165) is 36.0 Å². The predicted octanol–water partition coefficient (Wildman–Crippen LogP) is 7.06. The molecule has 6 nitrogen and oxygen atoms in total. The molecule has 1 saturated heterocycles. The van der Waals surface area contributed by atoms with Gasteiger partial charge in [-0.15, -0.1) is 16.8 Å². The fraction of sp³-hybridized carbons (Fsp3) is 0.700. The van der Waals surface area contributed by atoms with E-state index in [2.05, 4.69) is 32.7 Å². The molecule has 0 aliphatic carbocycles. The minimum atomic E-state index is -1.29. The Labute approximate surface area is 222 Å². The highest BCUT2D eigenvalue weighted by Crippen LogP contribution is 2.33. The van der Waals surface area contributed by atoms with Crippen molar-refractivity contribution < 1.29 is 9.53 Å². The summed E-state index contributed by atoms with van der Waals surface area (Å²) in [4.78, 5) is 16.7. The maximum absolute atomic E-state index is 13.3. The topological polar surface area (TPSA) is 58.6 Å². The maximum atomic E-state index is 13.3. The quantitative estimate of drug-likeness (QED) is 0.104. The summed E-state index contributed by atoms with van der Waals surface area (Å²) >= 11 is 27.7. The molecule has 180 valence electrons. The lowest BCUT2D eigenvalue weighted by atomic mass is 10.2. The van der Waals surface area contributed by atoms with Gasteiger partial charge in [-0.3, -0.25) is 0 Å². The van der Waals surface area contributed by atoms with Crippen LogP contribution in [0.3, 0.4) is 0 Å². The smallest absolute Gasteiger partial charge is 0.329 e. The highest BCUT2D eigenvalue weighted by Gasteiger charge is 2.38. The van der Waals surface area contributed by atoms with Crippen molar-refractivity contribution in [3.63, 3.8) is 0 Å². The van der Waals surface area contributed by atoms with Gasteiger partial charge in [-0.1, -0.05) is 68.1 Å². The number of aromatic nitrogens is 2. The fourth-order valence-corrected chi connectivity index (χ4v) is 5.14. The van der Waals surface area contributed by atoms with Gasteiger partial charge in [0, 0.05) is 37.7 Å². The molecule has 0 spiro atoms. The van der Waals surface area contributed by atoms with Crippen LogP contribution in [0.1, 0.15) is 56.4 Å². The molecule has 1 aromatic rings. The molecule has 12 heteroatoms. The Morgan fingerprint density at radius 2 is 2.09 bits per heavy atom. The van der Waals surface area contributed by atoms with Gasteiger partial charge in [0.15, 0.2) is 15.1 Å². The van der Waals surface area contributed by atoms with E-state index in [9.17, 15) is 4.79 Å². The van der Waals surface area contributed by atoms with E-state index in [1.165, 1.54) is 11.3 Å².